The van der Waals surface area contributed by atoms with Gasteiger partial charge in [-0.15, -0.1) is 0 Å². The normalized spacial score (nSPS) is 11.6. The van der Waals surface area contributed by atoms with Crippen molar-refractivity contribution in [2.45, 2.75) is 19.1 Å². The molecular weight excluding hydrogens is 252 g/mol. The maximum Gasteiger partial charge on any atom is 0.315 e. The third-order valence-corrected chi connectivity index (χ3v) is 2.30. The van der Waals surface area contributed by atoms with Crippen molar-refractivity contribution in [1.29, 1.82) is 0 Å². The quantitative estimate of drug-likeness (QED) is 0.629. The number of aromatic nitrogens is 2. The Morgan fingerprint density at radius 3 is 2.84 bits per heavy atom. The second-order valence-electron chi connectivity index (χ2n) is 3.72. The fourth-order valence-corrected chi connectivity index (χ4v) is 1.30. The molecule has 0 fully saturated rings. The Morgan fingerprint density at radius 2 is 2.26 bits per heavy atom. The summed E-state index contributed by atoms with van der Waals surface area (Å²) in [5.41, 5.74) is 0.680. The Hall–Kier alpha value is -2.22. The molecule has 0 radical (unpaired) electrons. The van der Waals surface area contributed by atoms with Gasteiger partial charge in [0.25, 0.3) is 0 Å². The first-order valence-electron chi connectivity index (χ1n) is 5.63. The summed E-state index contributed by atoms with van der Waals surface area (Å²) in [6, 6.07) is 1.27. The summed E-state index contributed by atoms with van der Waals surface area (Å²) in [6.45, 7) is 0.392. The standard InChI is InChI=1S/C11H16N4O4/c1-19-9(4-10(16)17)6-14-11(18)13-5-8-2-3-12-7-15-8/h2-3,7,9H,4-6H2,1H3,(H,16,17)(H2,13,14,18). The fraction of sp³-hybridized carbons (Fsp3) is 0.455. The van der Waals surface area contributed by atoms with Crippen molar-refractivity contribution in [3.63, 3.8) is 0 Å². The smallest absolute Gasteiger partial charge is 0.315 e. The van der Waals surface area contributed by atoms with Gasteiger partial charge < -0.3 is 20.5 Å². The summed E-state index contributed by atoms with van der Waals surface area (Å²) in [5, 5.41) is 13.7. The molecule has 1 heterocycles. The lowest BCUT2D eigenvalue weighted by molar-refractivity contribution is -0.139. The molecule has 104 valence electrons. The number of methoxy groups -OCH3 is 1. The van der Waals surface area contributed by atoms with Crippen molar-refractivity contribution in [1.82, 2.24) is 20.6 Å². The highest BCUT2D eigenvalue weighted by atomic mass is 16.5. The van der Waals surface area contributed by atoms with Gasteiger partial charge in [0.1, 0.15) is 6.33 Å². The Balaban J connectivity index is 2.25. The molecule has 0 aromatic carbocycles. The van der Waals surface area contributed by atoms with Crippen LogP contribution in [0.4, 0.5) is 4.79 Å². The Labute approximate surface area is 110 Å². The largest absolute Gasteiger partial charge is 0.481 e. The molecule has 3 N–H and O–H groups in total. The number of nitrogens with one attached hydrogen (secondary N) is 2. The minimum atomic E-state index is -0.977. The first-order chi connectivity index (χ1) is 9.11. The van der Waals surface area contributed by atoms with E-state index in [1.54, 1.807) is 12.3 Å². The van der Waals surface area contributed by atoms with Crippen LogP contribution in [0, 0.1) is 0 Å². The molecule has 1 rings (SSSR count). The molecule has 0 saturated carbocycles. The van der Waals surface area contributed by atoms with Crippen molar-refractivity contribution in [3.05, 3.63) is 24.3 Å². The van der Waals surface area contributed by atoms with E-state index in [9.17, 15) is 9.59 Å². The number of rotatable bonds is 7. The molecular formula is C11H16N4O4. The second kappa shape index (κ2) is 7.98. The SMILES string of the molecule is COC(CNC(=O)NCc1ccncn1)CC(=O)O. The lowest BCUT2D eigenvalue weighted by Gasteiger charge is -2.14. The molecule has 1 unspecified atom stereocenters. The van der Waals surface area contributed by atoms with E-state index in [1.807, 2.05) is 0 Å². The number of carbonyl (C=O) groups excluding carboxylic acids is 1. The van der Waals surface area contributed by atoms with Crippen LogP contribution in [0.1, 0.15) is 12.1 Å². The number of aliphatic carboxylic acids is 1. The predicted octanol–water partition coefficient (Wildman–Crippen LogP) is -0.234. The minimum absolute atomic E-state index is 0.123. The van der Waals surface area contributed by atoms with Crippen molar-refractivity contribution in [3.8, 4) is 0 Å². The van der Waals surface area contributed by atoms with Gasteiger partial charge in [-0.2, -0.15) is 0 Å². The third-order valence-electron chi connectivity index (χ3n) is 2.30. The van der Waals surface area contributed by atoms with E-state index in [0.29, 0.717) is 5.69 Å². The molecule has 1 atom stereocenters. The van der Waals surface area contributed by atoms with Crippen LogP contribution in [-0.2, 0) is 16.1 Å². The molecule has 0 aliphatic heterocycles. The summed E-state index contributed by atoms with van der Waals surface area (Å²) in [7, 11) is 1.40. The van der Waals surface area contributed by atoms with Gasteiger partial charge in [-0.05, 0) is 6.07 Å². The molecule has 0 saturated heterocycles. The summed E-state index contributed by atoms with van der Waals surface area (Å²) >= 11 is 0. The molecule has 1 aromatic rings. The molecule has 0 spiro atoms. The number of carbonyl (C=O) groups is 2. The van der Waals surface area contributed by atoms with Gasteiger partial charge in [-0.1, -0.05) is 0 Å². The lowest BCUT2D eigenvalue weighted by atomic mass is 10.2. The topological polar surface area (TPSA) is 113 Å². The maximum absolute atomic E-state index is 11.5. The molecule has 0 aliphatic carbocycles. The van der Waals surface area contributed by atoms with E-state index in [0.717, 1.165) is 0 Å². The Bertz CT molecular complexity index is 412. The summed E-state index contributed by atoms with van der Waals surface area (Å²) in [6.07, 6.45) is 2.25. The van der Waals surface area contributed by atoms with Crippen molar-refractivity contribution >= 4 is 12.0 Å². The van der Waals surface area contributed by atoms with E-state index in [-0.39, 0.29) is 19.5 Å². The molecule has 2 amide bonds. The Kier molecular flexibility index (Phi) is 6.23. The number of amides is 2. The molecule has 8 nitrogen and oxygen atoms in total. The van der Waals surface area contributed by atoms with E-state index >= 15 is 0 Å². The van der Waals surface area contributed by atoms with E-state index < -0.39 is 18.1 Å². The highest BCUT2D eigenvalue weighted by molar-refractivity contribution is 5.74. The van der Waals surface area contributed by atoms with Crippen LogP contribution in [-0.4, -0.2) is 46.8 Å². The first kappa shape index (κ1) is 14.8. The minimum Gasteiger partial charge on any atom is -0.481 e. The van der Waals surface area contributed by atoms with Crippen LogP contribution < -0.4 is 10.6 Å². The van der Waals surface area contributed by atoms with Gasteiger partial charge in [0, 0.05) is 19.9 Å². The lowest BCUT2D eigenvalue weighted by Crippen LogP contribution is -2.40. The zero-order valence-electron chi connectivity index (χ0n) is 10.5. The number of nitrogens with zero attached hydrogens (tertiary/aromatic N) is 2. The predicted molar refractivity (Wildman–Crippen MR) is 65.3 cm³/mol. The van der Waals surface area contributed by atoms with Crippen molar-refractivity contribution < 1.29 is 19.4 Å². The van der Waals surface area contributed by atoms with Gasteiger partial charge in [0.2, 0.25) is 0 Å². The summed E-state index contributed by atoms with van der Waals surface area (Å²) in [4.78, 5) is 29.7. The molecule has 0 bridgehead atoms. The van der Waals surface area contributed by atoms with Crippen LogP contribution >= 0.6 is 0 Å². The molecule has 19 heavy (non-hydrogen) atoms. The number of carboxylic acid groups (broad SMARTS) is 1. The maximum atomic E-state index is 11.5. The van der Waals surface area contributed by atoms with E-state index in [4.69, 9.17) is 9.84 Å². The molecule has 8 heteroatoms. The zero-order chi connectivity index (χ0) is 14.1. The highest BCUT2D eigenvalue weighted by Gasteiger charge is 2.13. The number of ether oxygens (including phenoxy) is 1. The van der Waals surface area contributed by atoms with Crippen LogP contribution in [0.3, 0.4) is 0 Å². The second-order valence-corrected chi connectivity index (χ2v) is 3.72. The van der Waals surface area contributed by atoms with Crippen LogP contribution in [0.5, 0.6) is 0 Å². The van der Waals surface area contributed by atoms with Crippen LogP contribution in [0.2, 0.25) is 0 Å². The summed E-state index contributed by atoms with van der Waals surface area (Å²) < 4.78 is 4.93. The first-order valence-corrected chi connectivity index (χ1v) is 5.63. The average Bonchev–Trinajstić information content (AvgIpc) is 2.42. The van der Waals surface area contributed by atoms with Gasteiger partial charge in [-0.25, -0.2) is 14.8 Å². The van der Waals surface area contributed by atoms with Crippen molar-refractivity contribution in [2.75, 3.05) is 13.7 Å². The third kappa shape index (κ3) is 6.32. The Morgan fingerprint density at radius 1 is 1.47 bits per heavy atom. The number of hydrogen-bond acceptors (Lipinski definition) is 5. The van der Waals surface area contributed by atoms with Crippen LogP contribution in [0.15, 0.2) is 18.6 Å². The zero-order valence-corrected chi connectivity index (χ0v) is 10.5. The van der Waals surface area contributed by atoms with E-state index in [2.05, 4.69) is 20.6 Å². The van der Waals surface area contributed by atoms with Gasteiger partial charge in [0.05, 0.1) is 24.8 Å². The summed E-state index contributed by atoms with van der Waals surface area (Å²) in [5.74, 6) is -0.977. The monoisotopic (exact) mass is 268 g/mol. The number of urea groups is 1. The van der Waals surface area contributed by atoms with Gasteiger partial charge in [0.15, 0.2) is 0 Å². The average molecular weight is 268 g/mol. The molecule has 0 aliphatic rings. The van der Waals surface area contributed by atoms with Crippen LogP contribution in [0.25, 0.3) is 0 Å². The number of carboxylic acids is 1. The fourth-order valence-electron chi connectivity index (χ4n) is 1.30. The van der Waals surface area contributed by atoms with Gasteiger partial charge >= 0.3 is 12.0 Å². The highest BCUT2D eigenvalue weighted by Crippen LogP contribution is 1.95. The van der Waals surface area contributed by atoms with E-state index in [1.165, 1.54) is 13.4 Å². The molecule has 1 aromatic heterocycles. The van der Waals surface area contributed by atoms with Crippen molar-refractivity contribution in [2.24, 2.45) is 0 Å². The van der Waals surface area contributed by atoms with Gasteiger partial charge in [-0.3, -0.25) is 4.79 Å². The number of hydrogen-bond donors (Lipinski definition) is 3.